The molecule has 0 aromatic heterocycles. The van der Waals surface area contributed by atoms with E-state index in [0.29, 0.717) is 0 Å². The van der Waals surface area contributed by atoms with Crippen LogP contribution in [0.5, 0.6) is 5.75 Å². The summed E-state index contributed by atoms with van der Waals surface area (Å²) in [6.07, 6.45) is -2.77. The van der Waals surface area contributed by atoms with Crippen molar-refractivity contribution in [1.82, 2.24) is 5.32 Å². The first-order chi connectivity index (χ1) is 14.3. The lowest BCUT2D eigenvalue weighted by Crippen LogP contribution is -2.32. The van der Waals surface area contributed by atoms with Gasteiger partial charge in [0.2, 0.25) is 0 Å². The summed E-state index contributed by atoms with van der Waals surface area (Å²) in [5.41, 5.74) is -1.96. The molecule has 0 aliphatic heterocycles. The van der Waals surface area contributed by atoms with E-state index in [1.807, 2.05) is 0 Å². The fourth-order valence-corrected chi connectivity index (χ4v) is 1.81. The normalized spacial score (nSPS) is 11.4. The van der Waals surface area contributed by atoms with Gasteiger partial charge < -0.3 is 29.4 Å². The molecular formula is C22H34FNO8. The summed E-state index contributed by atoms with van der Waals surface area (Å²) < 4.78 is 32.1. The first-order valence-corrected chi connectivity index (χ1v) is 9.86. The molecule has 1 aromatic carbocycles. The van der Waals surface area contributed by atoms with Gasteiger partial charge in [-0.3, -0.25) is 0 Å². The summed E-state index contributed by atoms with van der Waals surface area (Å²) >= 11 is 0. The van der Waals surface area contributed by atoms with Crippen molar-refractivity contribution in [3.05, 3.63) is 29.6 Å². The second-order valence-corrected chi connectivity index (χ2v) is 9.62. The molecule has 182 valence electrons. The Morgan fingerprint density at radius 2 is 1.28 bits per heavy atom. The van der Waals surface area contributed by atoms with Crippen LogP contribution in [0.2, 0.25) is 0 Å². The fourth-order valence-electron chi connectivity index (χ4n) is 1.81. The molecular weight excluding hydrogens is 425 g/mol. The van der Waals surface area contributed by atoms with Gasteiger partial charge in [-0.25, -0.2) is 18.8 Å². The van der Waals surface area contributed by atoms with Gasteiger partial charge in [0.15, 0.2) is 0 Å². The highest BCUT2D eigenvalue weighted by molar-refractivity contribution is 5.77. The Kier molecular flexibility index (Phi) is 10.4. The number of amides is 1. The third-order valence-electron chi connectivity index (χ3n) is 2.85. The lowest BCUT2D eigenvalue weighted by molar-refractivity contribution is -0.0294. The van der Waals surface area contributed by atoms with Crippen LogP contribution in [0.3, 0.4) is 0 Å². The average molecular weight is 460 g/mol. The molecule has 1 aromatic rings. The SMILES string of the molecule is CC(C)(C)OC(=O)NCc1c(O)cccc1F.CC(C)(C)OC(=O)OC(=O)OC(C)(C)C. The number of rotatable bonds is 2. The van der Waals surface area contributed by atoms with Crippen LogP contribution in [0.15, 0.2) is 18.2 Å². The Hall–Kier alpha value is -3.04. The summed E-state index contributed by atoms with van der Waals surface area (Å²) in [6, 6.07) is 3.96. The number of alkyl carbamates (subject to hydrolysis) is 1. The summed E-state index contributed by atoms with van der Waals surface area (Å²) in [6.45, 7) is 15.1. The van der Waals surface area contributed by atoms with Crippen molar-refractivity contribution in [3.63, 3.8) is 0 Å². The van der Waals surface area contributed by atoms with E-state index in [-0.39, 0.29) is 17.9 Å². The van der Waals surface area contributed by atoms with Crippen molar-refractivity contribution < 1.29 is 42.8 Å². The molecule has 0 aliphatic rings. The number of nitrogens with one attached hydrogen (secondary N) is 1. The van der Waals surface area contributed by atoms with Crippen molar-refractivity contribution in [2.75, 3.05) is 0 Å². The van der Waals surface area contributed by atoms with Gasteiger partial charge in [-0.1, -0.05) is 6.07 Å². The molecule has 0 heterocycles. The zero-order chi connectivity index (χ0) is 25.3. The van der Waals surface area contributed by atoms with Crippen molar-refractivity contribution in [2.45, 2.75) is 85.7 Å². The molecule has 1 amide bonds. The number of carbonyl (C=O) groups excluding carboxylic acids is 3. The quantitative estimate of drug-likeness (QED) is 0.341. The Morgan fingerprint density at radius 3 is 1.66 bits per heavy atom. The molecule has 0 aliphatic carbocycles. The monoisotopic (exact) mass is 459 g/mol. The Morgan fingerprint density at radius 1 is 0.844 bits per heavy atom. The number of benzene rings is 1. The second-order valence-electron chi connectivity index (χ2n) is 9.62. The van der Waals surface area contributed by atoms with Gasteiger partial charge in [0, 0.05) is 5.56 Å². The minimum atomic E-state index is -1.06. The maximum atomic E-state index is 13.3. The first-order valence-electron chi connectivity index (χ1n) is 9.86. The van der Waals surface area contributed by atoms with E-state index in [1.54, 1.807) is 62.3 Å². The standard InChI is InChI=1S/C12H16FNO3.C10H18O5/c1-12(2,3)17-11(16)14-7-8-9(13)5-4-6-10(8)15;1-9(2,3)14-7(11)13-8(12)15-10(4,5)6/h4-6,15H,7H2,1-3H3,(H,14,16);1-6H3. The molecule has 1 rings (SSSR count). The van der Waals surface area contributed by atoms with E-state index in [1.165, 1.54) is 18.2 Å². The topological polar surface area (TPSA) is 120 Å². The molecule has 0 radical (unpaired) electrons. The molecule has 0 saturated carbocycles. The Labute approximate surface area is 188 Å². The van der Waals surface area contributed by atoms with Crippen molar-refractivity contribution in [2.24, 2.45) is 0 Å². The van der Waals surface area contributed by atoms with Crippen LogP contribution in [-0.2, 0) is 25.5 Å². The van der Waals surface area contributed by atoms with E-state index in [4.69, 9.17) is 14.2 Å². The number of hydrogen-bond acceptors (Lipinski definition) is 8. The van der Waals surface area contributed by atoms with Gasteiger partial charge in [-0.15, -0.1) is 0 Å². The lowest BCUT2D eigenvalue weighted by atomic mass is 10.2. The third kappa shape index (κ3) is 14.9. The van der Waals surface area contributed by atoms with Crippen LogP contribution in [0, 0.1) is 5.82 Å². The van der Waals surface area contributed by atoms with Crippen molar-refractivity contribution in [1.29, 1.82) is 0 Å². The van der Waals surface area contributed by atoms with Crippen LogP contribution < -0.4 is 5.32 Å². The third-order valence-corrected chi connectivity index (χ3v) is 2.85. The van der Waals surface area contributed by atoms with Crippen LogP contribution >= 0.6 is 0 Å². The van der Waals surface area contributed by atoms with E-state index < -0.39 is 41.0 Å². The van der Waals surface area contributed by atoms with Gasteiger partial charge in [0.25, 0.3) is 0 Å². The molecule has 0 bridgehead atoms. The number of hydrogen-bond donors (Lipinski definition) is 2. The van der Waals surface area contributed by atoms with Gasteiger partial charge in [0.1, 0.15) is 28.4 Å². The number of aromatic hydroxyl groups is 1. The average Bonchev–Trinajstić information content (AvgIpc) is 2.49. The van der Waals surface area contributed by atoms with Crippen LogP contribution in [0.4, 0.5) is 18.8 Å². The molecule has 0 unspecified atom stereocenters. The lowest BCUT2D eigenvalue weighted by Gasteiger charge is -2.20. The van der Waals surface area contributed by atoms with Crippen LogP contribution in [0.1, 0.15) is 67.9 Å². The number of phenolic OH excluding ortho intramolecular Hbond substituents is 1. The Balaban J connectivity index is 0.000000607. The molecule has 9 nitrogen and oxygen atoms in total. The molecule has 0 atom stereocenters. The van der Waals surface area contributed by atoms with Gasteiger partial charge in [-0.2, -0.15) is 0 Å². The van der Waals surface area contributed by atoms with E-state index in [9.17, 15) is 23.9 Å². The molecule has 2 N–H and O–H groups in total. The molecule has 32 heavy (non-hydrogen) atoms. The maximum absolute atomic E-state index is 13.3. The first kappa shape index (κ1) is 29.0. The highest BCUT2D eigenvalue weighted by Crippen LogP contribution is 2.19. The minimum absolute atomic E-state index is 0.0401. The number of carbonyl (C=O) groups is 3. The van der Waals surface area contributed by atoms with Gasteiger partial charge in [-0.05, 0) is 74.4 Å². The van der Waals surface area contributed by atoms with Crippen molar-refractivity contribution in [3.8, 4) is 5.75 Å². The minimum Gasteiger partial charge on any atom is -0.507 e. The van der Waals surface area contributed by atoms with Crippen LogP contribution in [-0.4, -0.2) is 40.3 Å². The smallest absolute Gasteiger partial charge is 0.507 e. The number of phenols is 1. The zero-order valence-electron chi connectivity index (χ0n) is 20.1. The number of ether oxygens (including phenoxy) is 4. The second kappa shape index (κ2) is 11.5. The highest BCUT2D eigenvalue weighted by atomic mass is 19.1. The van der Waals surface area contributed by atoms with E-state index >= 15 is 0 Å². The highest BCUT2D eigenvalue weighted by Gasteiger charge is 2.24. The molecule has 0 fully saturated rings. The van der Waals surface area contributed by atoms with E-state index in [0.717, 1.165) is 0 Å². The molecule has 10 heteroatoms. The predicted octanol–water partition coefficient (Wildman–Crippen LogP) is 5.43. The summed E-state index contributed by atoms with van der Waals surface area (Å²) in [7, 11) is 0. The summed E-state index contributed by atoms with van der Waals surface area (Å²) in [5, 5.41) is 11.8. The number of halogens is 1. The Bertz CT molecular complexity index is 742. The van der Waals surface area contributed by atoms with Crippen LogP contribution in [0.25, 0.3) is 0 Å². The summed E-state index contributed by atoms with van der Waals surface area (Å²) in [5.74, 6) is -0.762. The van der Waals surface area contributed by atoms with Gasteiger partial charge >= 0.3 is 18.4 Å². The molecule has 0 saturated heterocycles. The van der Waals surface area contributed by atoms with E-state index in [2.05, 4.69) is 10.1 Å². The predicted molar refractivity (Wildman–Crippen MR) is 115 cm³/mol. The maximum Gasteiger partial charge on any atom is 0.519 e. The zero-order valence-corrected chi connectivity index (χ0v) is 20.1. The van der Waals surface area contributed by atoms with Gasteiger partial charge in [0.05, 0.1) is 6.54 Å². The van der Waals surface area contributed by atoms with Crippen molar-refractivity contribution >= 4 is 18.4 Å². The largest absolute Gasteiger partial charge is 0.519 e. The molecule has 0 spiro atoms. The fraction of sp³-hybridized carbons (Fsp3) is 0.591. The summed E-state index contributed by atoms with van der Waals surface area (Å²) in [4.78, 5) is 33.3.